The summed E-state index contributed by atoms with van der Waals surface area (Å²) >= 11 is 0. The Hall–Kier alpha value is -3.91. The van der Waals surface area contributed by atoms with Gasteiger partial charge in [0, 0.05) is 54.8 Å². The quantitative estimate of drug-likeness (QED) is 0.347. The third kappa shape index (κ3) is 8.38. The molecule has 0 spiro atoms. The highest BCUT2D eigenvalue weighted by molar-refractivity contribution is 6.43. The van der Waals surface area contributed by atoms with Crippen LogP contribution in [0.2, 0.25) is 0 Å². The van der Waals surface area contributed by atoms with E-state index in [0.717, 1.165) is 57.1 Å². The second-order valence-corrected chi connectivity index (χ2v) is 11.1. The number of allylic oxidation sites excluding steroid dienone is 3. The molecule has 1 aromatic heterocycles. The molecule has 1 aromatic carbocycles. The Kier molecular flexibility index (Phi) is 13.2. The van der Waals surface area contributed by atoms with Crippen LogP contribution < -0.4 is 0 Å². The number of aromatic nitrogens is 1. The first-order chi connectivity index (χ1) is 21.3. The van der Waals surface area contributed by atoms with Gasteiger partial charge in [0.25, 0.3) is 5.91 Å². The van der Waals surface area contributed by atoms with Crippen LogP contribution in [0.3, 0.4) is 0 Å². The topological polar surface area (TPSA) is 86.1 Å². The van der Waals surface area contributed by atoms with Gasteiger partial charge in [-0.25, -0.2) is 9.38 Å². The normalized spacial score (nSPS) is 19.2. The fourth-order valence-corrected chi connectivity index (χ4v) is 5.47. The van der Waals surface area contributed by atoms with Gasteiger partial charge >= 0.3 is 0 Å². The first-order valence-electron chi connectivity index (χ1n) is 15.8. The molecule has 5 rings (SSSR count). The van der Waals surface area contributed by atoms with Crippen molar-refractivity contribution in [2.45, 2.75) is 78.7 Å². The number of halogens is 1. The molecule has 1 unspecified atom stereocenters. The largest absolute Gasteiger partial charge is 0.397 e. The number of benzene rings is 1. The number of hydrogen-bond acceptors (Lipinski definition) is 6. The highest BCUT2D eigenvalue weighted by atomic mass is 19.1. The van der Waals surface area contributed by atoms with Crippen molar-refractivity contribution in [3.63, 3.8) is 0 Å². The summed E-state index contributed by atoms with van der Waals surface area (Å²) in [7, 11) is 1.96. The van der Waals surface area contributed by atoms with E-state index in [4.69, 9.17) is 10.1 Å². The molecule has 2 aromatic rings. The van der Waals surface area contributed by atoms with E-state index in [-0.39, 0.29) is 18.6 Å². The number of carbonyl (C=O) groups excluding carboxylic acids is 2. The maximum atomic E-state index is 15.3. The van der Waals surface area contributed by atoms with Crippen LogP contribution in [0.1, 0.15) is 88.6 Å². The van der Waals surface area contributed by atoms with Gasteiger partial charge < -0.3 is 14.9 Å². The van der Waals surface area contributed by atoms with E-state index in [2.05, 4.69) is 18.5 Å². The van der Waals surface area contributed by atoms with E-state index >= 15 is 4.39 Å². The lowest BCUT2D eigenvalue weighted by Gasteiger charge is -2.37. The van der Waals surface area contributed by atoms with Crippen LogP contribution in [0.15, 0.2) is 71.8 Å². The van der Waals surface area contributed by atoms with Crippen molar-refractivity contribution in [2.75, 3.05) is 20.2 Å². The molecule has 0 radical (unpaired) electrons. The zero-order valence-corrected chi connectivity index (χ0v) is 26.9. The van der Waals surface area contributed by atoms with Crippen molar-refractivity contribution in [1.29, 1.82) is 0 Å². The Labute approximate surface area is 261 Å². The van der Waals surface area contributed by atoms with Gasteiger partial charge in [-0.1, -0.05) is 51.8 Å². The Morgan fingerprint density at radius 2 is 1.84 bits per heavy atom. The summed E-state index contributed by atoms with van der Waals surface area (Å²) in [5, 5.41) is 7.57. The van der Waals surface area contributed by atoms with E-state index in [1.165, 1.54) is 18.7 Å². The van der Waals surface area contributed by atoms with Gasteiger partial charge in [-0.2, -0.15) is 0 Å². The van der Waals surface area contributed by atoms with Crippen LogP contribution >= 0.6 is 0 Å². The molecular formula is C36H47FN4O3. The lowest BCUT2D eigenvalue weighted by atomic mass is 9.81. The van der Waals surface area contributed by atoms with Crippen LogP contribution in [0, 0.1) is 11.7 Å². The molecule has 1 aliphatic carbocycles. The van der Waals surface area contributed by atoms with Crippen LogP contribution in [0.5, 0.6) is 0 Å². The van der Waals surface area contributed by atoms with E-state index in [1.807, 2.05) is 36.8 Å². The summed E-state index contributed by atoms with van der Waals surface area (Å²) < 4.78 is 15.3. The number of aliphatic imine (C=N–C) groups is 1. The number of aliphatic hydroxyl groups is 1. The summed E-state index contributed by atoms with van der Waals surface area (Å²) in [6.07, 6.45) is 13.6. The molecule has 1 atom stereocenters. The molecule has 3 heterocycles. The fraction of sp³-hybridized carbons (Fsp3) is 0.444. The fourth-order valence-electron chi connectivity index (χ4n) is 5.47. The van der Waals surface area contributed by atoms with Crippen molar-refractivity contribution in [3.8, 4) is 11.3 Å². The average molecular weight is 603 g/mol. The second kappa shape index (κ2) is 16.8. The monoisotopic (exact) mass is 602 g/mol. The molecule has 1 amide bonds. The number of nitrogens with zero attached hydrogens (tertiary/aromatic N) is 4. The van der Waals surface area contributed by atoms with Gasteiger partial charge in [0.15, 0.2) is 6.29 Å². The van der Waals surface area contributed by atoms with E-state index in [0.29, 0.717) is 45.4 Å². The van der Waals surface area contributed by atoms with E-state index in [9.17, 15) is 9.59 Å². The van der Waals surface area contributed by atoms with Gasteiger partial charge in [0.1, 0.15) is 17.3 Å². The predicted octanol–water partition coefficient (Wildman–Crippen LogP) is 7.44. The maximum Gasteiger partial charge on any atom is 0.272 e. The minimum atomic E-state index is -0.428. The number of amides is 1. The highest BCUT2D eigenvalue weighted by Crippen LogP contribution is 2.38. The number of aldehydes is 1. The summed E-state index contributed by atoms with van der Waals surface area (Å²) in [5.74, 6) is 0.516. The molecule has 2 fully saturated rings. The minimum Gasteiger partial charge on any atom is -0.397 e. The standard InChI is InChI=1S/C32H35FN4O2.C2H6O.C2H6/c1-21(26-13-12-25(17-27(26)33)28-14-11-23(20-38)19-34-28)16-31-35-29(18-30(36(31)3)24-9-7-10-24)32(39)37-15-6-4-5-8-22(37)2;1-2-3;1-2/h11-14,16-20,22,24H,1,4-10,15H2,2-3H3;3H,2H2,1H3;1-2H3/b31-16-;;. The molecule has 1 N–H and O–H groups in total. The smallest absolute Gasteiger partial charge is 0.272 e. The first-order valence-corrected chi connectivity index (χ1v) is 15.8. The van der Waals surface area contributed by atoms with E-state index < -0.39 is 5.82 Å². The molecular weight excluding hydrogens is 555 g/mol. The van der Waals surface area contributed by atoms with Crippen molar-refractivity contribution in [3.05, 3.63) is 83.7 Å². The zero-order chi connectivity index (χ0) is 32.2. The summed E-state index contributed by atoms with van der Waals surface area (Å²) in [6, 6.07) is 8.42. The number of likely N-dealkylation sites (tertiary alicyclic amines) is 1. The Bertz CT molecular complexity index is 1390. The number of rotatable bonds is 6. The highest BCUT2D eigenvalue weighted by Gasteiger charge is 2.32. The molecule has 1 saturated carbocycles. The number of hydrogen-bond donors (Lipinski definition) is 1. The van der Waals surface area contributed by atoms with Gasteiger partial charge in [-0.3, -0.25) is 14.6 Å². The Morgan fingerprint density at radius 3 is 2.43 bits per heavy atom. The summed E-state index contributed by atoms with van der Waals surface area (Å²) in [6.45, 7) is 12.9. The Balaban J connectivity index is 0.000000997. The van der Waals surface area contributed by atoms with Crippen molar-refractivity contribution >= 4 is 23.5 Å². The van der Waals surface area contributed by atoms with Crippen LogP contribution in [-0.4, -0.2) is 64.0 Å². The minimum absolute atomic E-state index is 0.0329. The molecule has 2 aliphatic heterocycles. The summed E-state index contributed by atoms with van der Waals surface area (Å²) in [5.41, 5.74) is 4.01. The second-order valence-electron chi connectivity index (χ2n) is 11.1. The number of aliphatic hydroxyl groups excluding tert-OH is 1. The third-order valence-corrected chi connectivity index (χ3v) is 8.14. The zero-order valence-electron chi connectivity index (χ0n) is 26.9. The molecule has 8 heteroatoms. The SMILES string of the molecule is C=C(/C=C1/N=C(C(=O)N2CCCCCC2C)C=C(C2CCC2)N1C)c1ccc(-c2ccc(C=O)cn2)cc1F.CC.CCO. The lowest BCUT2D eigenvalue weighted by molar-refractivity contribution is -0.125. The average Bonchev–Trinajstić information content (AvgIpc) is 3.23. The molecule has 7 nitrogen and oxygen atoms in total. The number of pyridine rings is 1. The molecule has 0 bridgehead atoms. The molecule has 236 valence electrons. The lowest BCUT2D eigenvalue weighted by Crippen LogP contribution is -2.43. The third-order valence-electron chi connectivity index (χ3n) is 8.14. The van der Waals surface area contributed by atoms with Crippen molar-refractivity contribution < 1.29 is 19.1 Å². The van der Waals surface area contributed by atoms with Crippen molar-refractivity contribution in [1.82, 2.24) is 14.8 Å². The van der Waals surface area contributed by atoms with Gasteiger partial charge in [-0.05, 0) is 81.4 Å². The number of carbonyl (C=O) groups is 2. The molecule has 1 saturated heterocycles. The van der Waals surface area contributed by atoms with Gasteiger partial charge in [-0.15, -0.1) is 0 Å². The molecule has 44 heavy (non-hydrogen) atoms. The first kappa shape index (κ1) is 34.6. The molecule has 3 aliphatic rings. The maximum absolute atomic E-state index is 15.3. The van der Waals surface area contributed by atoms with Crippen LogP contribution in [0.25, 0.3) is 16.8 Å². The van der Waals surface area contributed by atoms with Gasteiger partial charge in [0.2, 0.25) is 0 Å². The Morgan fingerprint density at radius 1 is 1.11 bits per heavy atom. The summed E-state index contributed by atoms with van der Waals surface area (Å²) in [4.78, 5) is 37.6. The van der Waals surface area contributed by atoms with Crippen LogP contribution in [-0.2, 0) is 4.79 Å². The van der Waals surface area contributed by atoms with Gasteiger partial charge in [0.05, 0.1) is 5.69 Å². The van der Waals surface area contributed by atoms with Crippen LogP contribution in [0.4, 0.5) is 4.39 Å². The predicted molar refractivity (Wildman–Crippen MR) is 177 cm³/mol. The van der Waals surface area contributed by atoms with E-state index in [1.54, 1.807) is 37.3 Å². The van der Waals surface area contributed by atoms with Crippen molar-refractivity contribution in [2.24, 2.45) is 10.9 Å².